The molecule has 2 rings (SSSR count). The van der Waals surface area contributed by atoms with Crippen molar-refractivity contribution < 1.29 is 5.11 Å². The van der Waals surface area contributed by atoms with E-state index in [1.54, 1.807) is 0 Å². The van der Waals surface area contributed by atoms with Crippen molar-refractivity contribution in [1.29, 1.82) is 0 Å². The summed E-state index contributed by atoms with van der Waals surface area (Å²) in [5.74, 6) is 1.28. The second-order valence-electron chi connectivity index (χ2n) is 5.55. The van der Waals surface area contributed by atoms with Crippen LogP contribution in [0.4, 0.5) is 0 Å². The smallest absolute Gasteiger partial charge is 0.0624 e. The molecule has 1 fully saturated rings. The predicted molar refractivity (Wildman–Crippen MR) is 68.8 cm³/mol. The molecule has 1 saturated carbocycles. The first-order chi connectivity index (χ1) is 8.10. The van der Waals surface area contributed by atoms with Crippen molar-refractivity contribution >= 4 is 0 Å². The topological polar surface area (TPSA) is 38.0 Å². The molecular weight excluding hydrogens is 212 g/mol. The van der Waals surface area contributed by atoms with Gasteiger partial charge in [-0.3, -0.25) is 4.68 Å². The first kappa shape index (κ1) is 12.6. The minimum Gasteiger partial charge on any atom is -0.392 e. The van der Waals surface area contributed by atoms with Gasteiger partial charge in [0.25, 0.3) is 0 Å². The summed E-state index contributed by atoms with van der Waals surface area (Å²) in [6.07, 6.45) is 5.15. The zero-order chi connectivity index (χ0) is 12.4. The second kappa shape index (κ2) is 5.21. The summed E-state index contributed by atoms with van der Waals surface area (Å²) < 4.78 is 1.92. The fraction of sp³-hybridized carbons (Fsp3) is 0.786. The van der Waals surface area contributed by atoms with Gasteiger partial charge in [-0.15, -0.1) is 0 Å². The minimum atomic E-state index is -0.194. The predicted octanol–water partition coefficient (Wildman–Crippen LogP) is 2.32. The van der Waals surface area contributed by atoms with Crippen LogP contribution in [0.5, 0.6) is 0 Å². The normalized spacial score (nSPS) is 26.4. The van der Waals surface area contributed by atoms with Crippen LogP contribution in [0.25, 0.3) is 0 Å². The molecule has 1 heterocycles. The maximum Gasteiger partial charge on any atom is 0.0624 e. The molecule has 0 bridgehead atoms. The molecule has 0 saturated heterocycles. The van der Waals surface area contributed by atoms with E-state index in [1.165, 1.54) is 19.3 Å². The second-order valence-corrected chi connectivity index (χ2v) is 5.55. The van der Waals surface area contributed by atoms with Crippen molar-refractivity contribution in [3.63, 3.8) is 0 Å². The Hall–Kier alpha value is -0.830. The number of aromatic nitrogens is 2. The molecule has 1 aromatic heterocycles. The molecule has 0 aliphatic heterocycles. The van der Waals surface area contributed by atoms with Gasteiger partial charge in [0.05, 0.1) is 11.8 Å². The lowest BCUT2D eigenvalue weighted by molar-refractivity contribution is 0.107. The first-order valence-electron chi connectivity index (χ1n) is 6.80. The van der Waals surface area contributed by atoms with E-state index in [4.69, 9.17) is 0 Å². The molecule has 96 valence electrons. The quantitative estimate of drug-likeness (QED) is 0.871. The largest absolute Gasteiger partial charge is 0.392 e. The van der Waals surface area contributed by atoms with Crippen LogP contribution in [-0.4, -0.2) is 21.0 Å². The van der Waals surface area contributed by atoms with Crippen LogP contribution < -0.4 is 0 Å². The molecule has 1 aromatic rings. The summed E-state index contributed by atoms with van der Waals surface area (Å²) >= 11 is 0. The van der Waals surface area contributed by atoms with Crippen molar-refractivity contribution in [1.82, 2.24) is 9.78 Å². The summed E-state index contributed by atoms with van der Waals surface area (Å²) in [6, 6.07) is 2.13. The van der Waals surface area contributed by atoms with Gasteiger partial charge in [0.15, 0.2) is 0 Å². The third kappa shape index (κ3) is 2.89. The number of aliphatic hydroxyl groups excluding tert-OH is 1. The van der Waals surface area contributed by atoms with E-state index < -0.39 is 0 Å². The summed E-state index contributed by atoms with van der Waals surface area (Å²) in [5.41, 5.74) is 2.28. The van der Waals surface area contributed by atoms with Crippen LogP contribution >= 0.6 is 0 Å². The molecule has 3 atom stereocenters. The van der Waals surface area contributed by atoms with Crippen LogP contribution in [-0.2, 0) is 19.9 Å². The van der Waals surface area contributed by atoms with Crippen molar-refractivity contribution in [2.24, 2.45) is 18.9 Å². The van der Waals surface area contributed by atoms with Gasteiger partial charge in [-0.25, -0.2) is 0 Å². The minimum absolute atomic E-state index is 0.194. The highest BCUT2D eigenvalue weighted by atomic mass is 16.3. The lowest BCUT2D eigenvalue weighted by Crippen LogP contribution is -2.22. The van der Waals surface area contributed by atoms with E-state index in [2.05, 4.69) is 25.0 Å². The van der Waals surface area contributed by atoms with Gasteiger partial charge >= 0.3 is 0 Å². The lowest BCUT2D eigenvalue weighted by atomic mass is 9.96. The van der Waals surface area contributed by atoms with Gasteiger partial charge in [-0.1, -0.05) is 20.3 Å². The highest BCUT2D eigenvalue weighted by Gasteiger charge is 2.28. The van der Waals surface area contributed by atoms with Crippen LogP contribution in [0.15, 0.2) is 6.07 Å². The van der Waals surface area contributed by atoms with E-state index in [9.17, 15) is 5.11 Å². The van der Waals surface area contributed by atoms with Gasteiger partial charge < -0.3 is 5.11 Å². The Kier molecular flexibility index (Phi) is 3.87. The Morgan fingerprint density at radius 2 is 2.29 bits per heavy atom. The number of aryl methyl sites for hydroxylation is 2. The van der Waals surface area contributed by atoms with E-state index in [0.29, 0.717) is 5.92 Å². The van der Waals surface area contributed by atoms with E-state index >= 15 is 0 Å². The van der Waals surface area contributed by atoms with Gasteiger partial charge in [-0.05, 0) is 37.2 Å². The monoisotopic (exact) mass is 236 g/mol. The third-order valence-electron chi connectivity index (χ3n) is 4.09. The molecule has 3 heteroatoms. The molecule has 0 spiro atoms. The highest BCUT2D eigenvalue weighted by Crippen LogP contribution is 2.33. The molecule has 0 aromatic carbocycles. The maximum absolute atomic E-state index is 10.3. The van der Waals surface area contributed by atoms with Gasteiger partial charge in [0.2, 0.25) is 0 Å². The Morgan fingerprint density at radius 3 is 2.82 bits per heavy atom. The molecular formula is C14H24N2O. The van der Waals surface area contributed by atoms with E-state index in [1.807, 2.05) is 11.7 Å². The first-order valence-corrected chi connectivity index (χ1v) is 6.80. The van der Waals surface area contributed by atoms with Crippen molar-refractivity contribution in [2.45, 2.75) is 52.1 Å². The summed E-state index contributed by atoms with van der Waals surface area (Å²) in [4.78, 5) is 0. The number of aliphatic hydroxyl groups is 1. The molecule has 0 radical (unpaired) electrons. The molecule has 1 aliphatic carbocycles. The fourth-order valence-corrected chi connectivity index (χ4v) is 2.92. The zero-order valence-corrected chi connectivity index (χ0v) is 11.2. The van der Waals surface area contributed by atoms with Crippen LogP contribution in [0.2, 0.25) is 0 Å². The van der Waals surface area contributed by atoms with E-state index in [0.717, 1.165) is 30.1 Å². The van der Waals surface area contributed by atoms with Crippen molar-refractivity contribution in [3.05, 3.63) is 17.5 Å². The Morgan fingerprint density at radius 1 is 1.53 bits per heavy atom. The number of rotatable bonds is 4. The standard InChI is InChI=1S/C14H24N2O/c1-4-12-8-13(16(3)15-12)9-14(17)11-6-5-10(2)7-11/h8,10-11,14,17H,4-7,9H2,1-3H3. The third-order valence-corrected chi connectivity index (χ3v) is 4.09. The van der Waals surface area contributed by atoms with Crippen molar-refractivity contribution in [3.8, 4) is 0 Å². The highest BCUT2D eigenvalue weighted by molar-refractivity contribution is 5.11. The molecule has 3 unspecified atom stereocenters. The average molecular weight is 236 g/mol. The van der Waals surface area contributed by atoms with Gasteiger partial charge in [0.1, 0.15) is 0 Å². The summed E-state index contributed by atoms with van der Waals surface area (Å²) in [7, 11) is 1.97. The molecule has 1 N–H and O–H groups in total. The molecule has 1 aliphatic rings. The fourth-order valence-electron chi connectivity index (χ4n) is 2.92. The Bertz CT molecular complexity index is 372. The van der Waals surface area contributed by atoms with Gasteiger partial charge in [-0.2, -0.15) is 5.10 Å². The summed E-state index contributed by atoms with van der Waals surface area (Å²) in [6.45, 7) is 4.40. The number of hydrogen-bond acceptors (Lipinski definition) is 2. The Labute approximate surface area is 104 Å². The lowest BCUT2D eigenvalue weighted by Gasteiger charge is -2.17. The van der Waals surface area contributed by atoms with Crippen LogP contribution in [0, 0.1) is 11.8 Å². The van der Waals surface area contributed by atoms with Crippen LogP contribution in [0.1, 0.15) is 44.5 Å². The number of nitrogens with zero attached hydrogens (tertiary/aromatic N) is 2. The molecule has 3 nitrogen and oxygen atoms in total. The molecule has 0 amide bonds. The van der Waals surface area contributed by atoms with Crippen LogP contribution in [0.3, 0.4) is 0 Å². The summed E-state index contributed by atoms with van der Waals surface area (Å²) in [5, 5.41) is 14.7. The Balaban J connectivity index is 1.97. The van der Waals surface area contributed by atoms with Gasteiger partial charge in [0, 0.05) is 19.2 Å². The average Bonchev–Trinajstić information content (AvgIpc) is 2.86. The number of hydrogen-bond donors (Lipinski definition) is 1. The molecule has 17 heavy (non-hydrogen) atoms. The maximum atomic E-state index is 10.3. The zero-order valence-electron chi connectivity index (χ0n) is 11.2. The van der Waals surface area contributed by atoms with Crippen molar-refractivity contribution in [2.75, 3.05) is 0 Å². The SMILES string of the molecule is CCc1cc(CC(O)C2CCC(C)C2)n(C)n1. The van der Waals surface area contributed by atoms with E-state index in [-0.39, 0.29) is 6.10 Å².